The first-order valence-electron chi connectivity index (χ1n) is 8.74. The van der Waals surface area contributed by atoms with Crippen LogP contribution < -0.4 is 10.9 Å². The number of aromatic nitrogens is 2. The Bertz CT molecular complexity index is 1180. The number of carbonyl (C=O) groups is 1. The third-order valence-corrected chi connectivity index (χ3v) is 4.18. The fourth-order valence-electron chi connectivity index (χ4n) is 2.92. The second kappa shape index (κ2) is 8.46. The quantitative estimate of drug-likeness (QED) is 0.625. The number of nitrogens with one attached hydrogen (secondary N) is 1. The van der Waals surface area contributed by atoms with E-state index >= 15 is 0 Å². The molecule has 3 aromatic rings. The maximum absolute atomic E-state index is 13.8. The van der Waals surface area contributed by atoms with Crippen LogP contribution in [0.3, 0.4) is 0 Å². The van der Waals surface area contributed by atoms with Crippen LogP contribution in [0.5, 0.6) is 0 Å². The number of carbonyl (C=O) groups excluding carboxylic acids is 1. The van der Waals surface area contributed by atoms with Crippen LogP contribution in [0.1, 0.15) is 22.8 Å². The van der Waals surface area contributed by atoms with E-state index < -0.39 is 17.2 Å². The molecule has 0 spiro atoms. The largest absolute Gasteiger partial charge is 0.394 e. The fourth-order valence-corrected chi connectivity index (χ4v) is 2.92. The molecule has 0 aliphatic heterocycles. The van der Waals surface area contributed by atoms with Gasteiger partial charge in [-0.05, 0) is 37.3 Å². The van der Waals surface area contributed by atoms with E-state index in [4.69, 9.17) is 5.26 Å². The molecule has 8 heteroatoms. The number of halogens is 1. The predicted molar refractivity (Wildman–Crippen MR) is 105 cm³/mol. The number of hydrogen-bond acceptors (Lipinski definition) is 6. The average Bonchev–Trinajstić information content (AvgIpc) is 2.70. The topological polar surface area (TPSA) is 108 Å². The van der Waals surface area contributed by atoms with Gasteiger partial charge in [-0.3, -0.25) is 9.59 Å². The van der Waals surface area contributed by atoms with Crippen LogP contribution in [-0.4, -0.2) is 27.3 Å². The van der Waals surface area contributed by atoms with Gasteiger partial charge in [0.1, 0.15) is 17.2 Å². The minimum absolute atomic E-state index is 0.00264. The Balaban J connectivity index is 2.28. The van der Waals surface area contributed by atoms with Crippen molar-refractivity contribution in [3.05, 3.63) is 75.8 Å². The highest BCUT2D eigenvalue weighted by Crippen LogP contribution is 2.28. The zero-order valence-corrected chi connectivity index (χ0v) is 15.5. The number of aliphatic hydroxyl groups is 1. The molecule has 7 nitrogen and oxygen atoms in total. The molecule has 0 radical (unpaired) electrons. The minimum Gasteiger partial charge on any atom is -0.394 e. The van der Waals surface area contributed by atoms with Gasteiger partial charge in [-0.1, -0.05) is 18.2 Å². The molecule has 146 valence electrons. The Morgan fingerprint density at radius 2 is 2.03 bits per heavy atom. The maximum atomic E-state index is 13.8. The molecule has 0 unspecified atom stereocenters. The van der Waals surface area contributed by atoms with Crippen molar-refractivity contribution >= 4 is 17.2 Å². The van der Waals surface area contributed by atoms with Crippen molar-refractivity contribution in [3.8, 4) is 17.3 Å². The molecule has 0 aliphatic carbocycles. The summed E-state index contributed by atoms with van der Waals surface area (Å²) in [7, 11) is 0. The van der Waals surface area contributed by atoms with Gasteiger partial charge in [0.25, 0.3) is 5.56 Å². The number of nitrogens with zero attached hydrogens (tertiary/aromatic N) is 3. The first-order valence-corrected chi connectivity index (χ1v) is 8.74. The van der Waals surface area contributed by atoms with Crippen LogP contribution in [-0.2, 0) is 6.54 Å². The van der Waals surface area contributed by atoms with Gasteiger partial charge in [-0.2, -0.15) is 10.4 Å². The molecular weight excluding hydrogens is 375 g/mol. The molecular formula is C21H17FN4O3. The number of Topliss-reactive ketones (excluding diaryl/α,β-unsaturated/α-hetero) is 1. The van der Waals surface area contributed by atoms with Gasteiger partial charge < -0.3 is 10.4 Å². The van der Waals surface area contributed by atoms with Gasteiger partial charge in [0.2, 0.25) is 0 Å². The Morgan fingerprint density at radius 3 is 2.69 bits per heavy atom. The highest BCUT2D eigenvalue weighted by molar-refractivity contribution is 6.05. The molecule has 0 fully saturated rings. The van der Waals surface area contributed by atoms with Crippen molar-refractivity contribution in [1.82, 2.24) is 9.78 Å². The van der Waals surface area contributed by atoms with Crippen LogP contribution in [0.15, 0.2) is 53.3 Å². The molecule has 29 heavy (non-hydrogen) atoms. The molecule has 3 rings (SSSR count). The third-order valence-electron chi connectivity index (χ3n) is 4.18. The summed E-state index contributed by atoms with van der Waals surface area (Å²) < 4.78 is 14.8. The van der Waals surface area contributed by atoms with Gasteiger partial charge >= 0.3 is 0 Å². The van der Waals surface area contributed by atoms with E-state index in [9.17, 15) is 19.1 Å². The third kappa shape index (κ3) is 4.20. The summed E-state index contributed by atoms with van der Waals surface area (Å²) in [5.74, 6) is -0.959. The average molecular weight is 392 g/mol. The Morgan fingerprint density at radius 1 is 1.28 bits per heavy atom. The van der Waals surface area contributed by atoms with Crippen molar-refractivity contribution in [1.29, 1.82) is 5.26 Å². The lowest BCUT2D eigenvalue weighted by Gasteiger charge is -2.16. The molecule has 1 heterocycles. The van der Waals surface area contributed by atoms with E-state index in [-0.39, 0.29) is 30.1 Å². The number of aliphatic hydroxyl groups excluding tert-OH is 1. The minimum atomic E-state index is -0.619. The van der Waals surface area contributed by atoms with Gasteiger partial charge in [0, 0.05) is 11.3 Å². The maximum Gasteiger partial charge on any atom is 0.291 e. The smallest absolute Gasteiger partial charge is 0.291 e. The summed E-state index contributed by atoms with van der Waals surface area (Å²) in [5, 5.41) is 25.5. The van der Waals surface area contributed by atoms with Gasteiger partial charge in [0.05, 0.1) is 30.3 Å². The highest BCUT2D eigenvalue weighted by atomic mass is 19.1. The molecule has 0 saturated carbocycles. The molecule has 0 saturated heterocycles. The standard InChI is InChI=1S/C21H17FN4O3/c1-13(28)18-19(15-5-3-6-16(22)11-15)25-26(8-9-27)21(29)20(18)24-17-7-2-4-14(10-17)12-23/h2-7,10-11,24,27H,8-9H2,1H3. The van der Waals surface area contributed by atoms with E-state index in [0.29, 0.717) is 16.8 Å². The van der Waals surface area contributed by atoms with E-state index in [1.54, 1.807) is 24.3 Å². The summed E-state index contributed by atoms with van der Waals surface area (Å²) in [4.78, 5) is 25.4. The van der Waals surface area contributed by atoms with E-state index in [2.05, 4.69) is 10.4 Å². The predicted octanol–water partition coefficient (Wildman–Crippen LogP) is 2.86. The summed E-state index contributed by atoms with van der Waals surface area (Å²) in [6.45, 7) is 0.830. The second-order valence-electron chi connectivity index (χ2n) is 6.23. The van der Waals surface area contributed by atoms with Gasteiger partial charge in [-0.15, -0.1) is 0 Å². The molecule has 2 N–H and O–H groups in total. The molecule has 0 bridgehead atoms. The van der Waals surface area contributed by atoms with Crippen molar-refractivity contribution in [2.45, 2.75) is 13.5 Å². The van der Waals surface area contributed by atoms with E-state index in [1.165, 1.54) is 31.2 Å². The Kier molecular flexibility index (Phi) is 5.81. The summed E-state index contributed by atoms with van der Waals surface area (Å²) >= 11 is 0. The van der Waals surface area contributed by atoms with Crippen LogP contribution >= 0.6 is 0 Å². The molecule has 2 aromatic carbocycles. The Hall–Kier alpha value is -3.83. The number of ketones is 1. The van der Waals surface area contributed by atoms with Gasteiger partial charge in [0.15, 0.2) is 5.78 Å². The summed E-state index contributed by atoms with van der Waals surface area (Å²) in [6.07, 6.45) is 0. The Labute approximate surface area is 165 Å². The number of hydrogen-bond donors (Lipinski definition) is 2. The van der Waals surface area contributed by atoms with Crippen molar-refractivity contribution in [2.75, 3.05) is 11.9 Å². The van der Waals surface area contributed by atoms with Crippen molar-refractivity contribution < 1.29 is 14.3 Å². The van der Waals surface area contributed by atoms with Crippen LogP contribution in [0.25, 0.3) is 11.3 Å². The normalized spacial score (nSPS) is 10.4. The number of nitriles is 1. The highest BCUT2D eigenvalue weighted by Gasteiger charge is 2.22. The monoisotopic (exact) mass is 392 g/mol. The first kappa shape index (κ1) is 19.9. The molecule has 0 aliphatic rings. The SMILES string of the molecule is CC(=O)c1c(-c2cccc(F)c2)nn(CCO)c(=O)c1Nc1cccc(C#N)c1. The fraction of sp³-hybridized carbons (Fsp3) is 0.143. The number of rotatable bonds is 6. The van der Waals surface area contributed by atoms with E-state index in [0.717, 1.165) is 4.68 Å². The zero-order valence-electron chi connectivity index (χ0n) is 15.5. The summed E-state index contributed by atoms with van der Waals surface area (Å²) in [6, 6.07) is 13.9. The lowest BCUT2D eigenvalue weighted by Crippen LogP contribution is -2.29. The van der Waals surface area contributed by atoms with Gasteiger partial charge in [-0.25, -0.2) is 9.07 Å². The van der Waals surface area contributed by atoms with Crippen molar-refractivity contribution in [2.24, 2.45) is 0 Å². The second-order valence-corrected chi connectivity index (χ2v) is 6.23. The number of anilines is 2. The number of benzene rings is 2. The van der Waals surface area contributed by atoms with Crippen LogP contribution in [0, 0.1) is 17.1 Å². The molecule has 1 aromatic heterocycles. The molecule has 0 atom stereocenters. The molecule has 0 amide bonds. The summed E-state index contributed by atoms with van der Waals surface area (Å²) in [5.41, 5.74) is 0.545. The first-order chi connectivity index (χ1) is 13.9. The van der Waals surface area contributed by atoms with E-state index in [1.807, 2.05) is 6.07 Å². The lowest BCUT2D eigenvalue weighted by molar-refractivity contribution is 0.101. The zero-order chi connectivity index (χ0) is 21.0. The van der Waals surface area contributed by atoms with Crippen LogP contribution in [0.2, 0.25) is 0 Å². The lowest BCUT2D eigenvalue weighted by atomic mass is 10.0. The van der Waals surface area contributed by atoms with Crippen LogP contribution in [0.4, 0.5) is 15.8 Å². The van der Waals surface area contributed by atoms with Crippen molar-refractivity contribution in [3.63, 3.8) is 0 Å².